The molecule has 0 bridgehead atoms. The Bertz CT molecular complexity index is 1050. The van der Waals surface area contributed by atoms with Crippen molar-refractivity contribution in [3.63, 3.8) is 0 Å². The van der Waals surface area contributed by atoms with Crippen LogP contribution in [-0.2, 0) is 0 Å². The van der Waals surface area contributed by atoms with Gasteiger partial charge in [-0.3, -0.25) is 4.79 Å². The molecule has 2 aromatic carbocycles. The van der Waals surface area contributed by atoms with E-state index in [0.29, 0.717) is 17.3 Å². The van der Waals surface area contributed by atoms with E-state index < -0.39 is 5.91 Å². The molecule has 1 amide bonds. The van der Waals surface area contributed by atoms with Crippen LogP contribution in [0.3, 0.4) is 0 Å². The minimum atomic E-state index is -0.458. The van der Waals surface area contributed by atoms with E-state index >= 15 is 0 Å². The summed E-state index contributed by atoms with van der Waals surface area (Å²) in [5, 5.41) is 3.27. The molecule has 0 radical (unpaired) electrons. The Morgan fingerprint density at radius 3 is 2.52 bits per heavy atom. The molecule has 0 unspecified atom stereocenters. The monoisotopic (exact) mass is 417 g/mol. The number of anilines is 5. The van der Waals surface area contributed by atoms with E-state index in [1.807, 2.05) is 36.2 Å². The van der Waals surface area contributed by atoms with Crippen LogP contribution in [0.25, 0.3) is 0 Å². The predicted molar refractivity (Wildman–Crippen MR) is 124 cm³/mol. The highest BCUT2D eigenvalue weighted by Crippen LogP contribution is 2.25. The summed E-state index contributed by atoms with van der Waals surface area (Å²) in [7, 11) is 4.04. The van der Waals surface area contributed by atoms with Crippen LogP contribution in [0, 0.1) is 0 Å². The van der Waals surface area contributed by atoms with Gasteiger partial charge < -0.3 is 25.8 Å². The lowest BCUT2D eigenvalue weighted by Crippen LogP contribution is -2.44. The van der Waals surface area contributed by atoms with E-state index in [1.54, 1.807) is 24.4 Å². The molecule has 0 atom stereocenters. The summed E-state index contributed by atoms with van der Waals surface area (Å²) < 4.78 is 0. The van der Waals surface area contributed by atoms with Crippen LogP contribution in [0.2, 0.25) is 0 Å². The topological polar surface area (TPSA) is 90.6 Å². The number of carbonyl (C=O) groups is 1. The van der Waals surface area contributed by atoms with E-state index in [0.717, 1.165) is 37.6 Å². The largest absolute Gasteiger partial charge is 0.369 e. The third-order valence-electron chi connectivity index (χ3n) is 5.49. The second-order valence-electron chi connectivity index (χ2n) is 7.67. The number of likely N-dealkylation sites (N-methyl/N-ethyl adjacent to an activating group) is 1. The van der Waals surface area contributed by atoms with Crippen LogP contribution in [0.1, 0.15) is 10.4 Å². The number of amides is 1. The van der Waals surface area contributed by atoms with Crippen molar-refractivity contribution in [2.45, 2.75) is 0 Å². The molecule has 2 heterocycles. The van der Waals surface area contributed by atoms with Gasteiger partial charge in [0.15, 0.2) is 0 Å². The molecule has 160 valence electrons. The molecule has 31 heavy (non-hydrogen) atoms. The molecule has 4 rings (SSSR count). The van der Waals surface area contributed by atoms with Gasteiger partial charge in [-0.1, -0.05) is 6.07 Å². The van der Waals surface area contributed by atoms with Gasteiger partial charge in [0.25, 0.3) is 0 Å². The van der Waals surface area contributed by atoms with Gasteiger partial charge in [-0.15, -0.1) is 0 Å². The second-order valence-corrected chi connectivity index (χ2v) is 7.67. The normalized spacial score (nSPS) is 14.3. The van der Waals surface area contributed by atoms with Crippen molar-refractivity contribution >= 4 is 34.7 Å². The number of nitrogens with two attached hydrogens (primary N) is 1. The van der Waals surface area contributed by atoms with Crippen LogP contribution in [0.4, 0.5) is 28.8 Å². The van der Waals surface area contributed by atoms with Gasteiger partial charge >= 0.3 is 0 Å². The summed E-state index contributed by atoms with van der Waals surface area (Å²) in [5.74, 6) is 0.747. The first-order chi connectivity index (χ1) is 15.0. The maximum absolute atomic E-state index is 11.5. The van der Waals surface area contributed by atoms with Gasteiger partial charge in [0.2, 0.25) is 11.9 Å². The van der Waals surface area contributed by atoms with Crippen molar-refractivity contribution in [1.82, 2.24) is 14.9 Å². The van der Waals surface area contributed by atoms with E-state index in [2.05, 4.69) is 44.3 Å². The molecule has 1 aromatic heterocycles. The number of nitrogens with zero attached hydrogens (tertiary/aromatic N) is 5. The van der Waals surface area contributed by atoms with E-state index in [4.69, 9.17) is 5.73 Å². The molecular formula is C23H27N7O. The summed E-state index contributed by atoms with van der Waals surface area (Å²) >= 11 is 0. The van der Waals surface area contributed by atoms with Gasteiger partial charge in [0.1, 0.15) is 5.82 Å². The lowest BCUT2D eigenvalue weighted by Gasteiger charge is -2.34. The number of nitrogens with one attached hydrogen (secondary N) is 1. The fourth-order valence-electron chi connectivity index (χ4n) is 3.55. The maximum Gasteiger partial charge on any atom is 0.248 e. The van der Waals surface area contributed by atoms with E-state index in [-0.39, 0.29) is 0 Å². The second kappa shape index (κ2) is 9.01. The smallest absolute Gasteiger partial charge is 0.248 e. The van der Waals surface area contributed by atoms with E-state index in [9.17, 15) is 4.79 Å². The Balaban J connectivity index is 1.46. The molecule has 0 spiro atoms. The number of benzene rings is 2. The zero-order valence-corrected chi connectivity index (χ0v) is 17.8. The quantitative estimate of drug-likeness (QED) is 0.637. The van der Waals surface area contributed by atoms with Crippen molar-refractivity contribution in [1.29, 1.82) is 0 Å². The maximum atomic E-state index is 11.5. The summed E-state index contributed by atoms with van der Waals surface area (Å²) in [6.45, 7) is 4.24. The first-order valence-corrected chi connectivity index (χ1v) is 10.3. The van der Waals surface area contributed by atoms with Crippen LogP contribution in [0.5, 0.6) is 0 Å². The molecule has 1 aliphatic heterocycles. The standard InChI is InChI=1S/C23H27N7O/c1-28-12-14-30(15-13-28)19-8-6-18(7-9-19)26-23-25-11-10-21(27-23)29(2)20-5-3-4-17(16-20)22(24)31/h3-11,16H,12-15H2,1-2H3,(H2,24,31)(H,25,26,27). The van der Waals surface area contributed by atoms with Crippen LogP contribution in [0.15, 0.2) is 60.8 Å². The van der Waals surface area contributed by atoms with Crippen molar-refractivity contribution in [3.05, 3.63) is 66.4 Å². The predicted octanol–water partition coefficient (Wildman–Crippen LogP) is 2.84. The zero-order valence-electron chi connectivity index (χ0n) is 17.8. The fraction of sp³-hybridized carbons (Fsp3) is 0.261. The molecule has 8 heteroatoms. The molecule has 1 fully saturated rings. The number of rotatable bonds is 6. The van der Waals surface area contributed by atoms with Gasteiger partial charge in [-0.05, 0) is 55.6 Å². The highest BCUT2D eigenvalue weighted by atomic mass is 16.1. The third kappa shape index (κ3) is 4.92. The molecule has 0 saturated carbocycles. The number of carbonyl (C=O) groups excluding carboxylic acids is 1. The molecule has 0 aliphatic carbocycles. The van der Waals surface area contributed by atoms with E-state index in [1.165, 1.54) is 5.69 Å². The Hall–Kier alpha value is -3.65. The lowest BCUT2D eigenvalue weighted by molar-refractivity contribution is 0.100. The lowest BCUT2D eigenvalue weighted by atomic mass is 10.2. The average molecular weight is 418 g/mol. The van der Waals surface area contributed by atoms with Crippen LogP contribution < -0.4 is 20.9 Å². The average Bonchev–Trinajstić information content (AvgIpc) is 2.80. The third-order valence-corrected chi connectivity index (χ3v) is 5.49. The van der Waals surface area contributed by atoms with Gasteiger partial charge in [-0.2, -0.15) is 4.98 Å². The zero-order chi connectivity index (χ0) is 21.8. The minimum Gasteiger partial charge on any atom is -0.369 e. The van der Waals surface area contributed by atoms with Gasteiger partial charge in [0.05, 0.1) is 0 Å². The number of hydrogen-bond acceptors (Lipinski definition) is 7. The number of primary amides is 1. The molecular weight excluding hydrogens is 390 g/mol. The highest BCUT2D eigenvalue weighted by molar-refractivity contribution is 5.94. The number of hydrogen-bond donors (Lipinski definition) is 2. The van der Waals surface area contributed by atoms with Gasteiger partial charge in [0, 0.05) is 62.0 Å². The number of piperazine rings is 1. The fourth-order valence-corrected chi connectivity index (χ4v) is 3.55. The molecule has 1 saturated heterocycles. The van der Waals surface area contributed by atoms with Crippen molar-refractivity contribution in [2.24, 2.45) is 5.73 Å². The summed E-state index contributed by atoms with van der Waals surface area (Å²) in [4.78, 5) is 27.0. The summed E-state index contributed by atoms with van der Waals surface area (Å²) in [6, 6.07) is 17.3. The minimum absolute atomic E-state index is 0.456. The van der Waals surface area contributed by atoms with Crippen molar-refractivity contribution in [2.75, 3.05) is 55.4 Å². The molecule has 8 nitrogen and oxygen atoms in total. The molecule has 3 aromatic rings. The first-order valence-electron chi connectivity index (χ1n) is 10.3. The van der Waals surface area contributed by atoms with Crippen LogP contribution in [-0.4, -0.2) is 61.0 Å². The van der Waals surface area contributed by atoms with Crippen molar-refractivity contribution < 1.29 is 4.79 Å². The SMILES string of the molecule is CN1CCN(c2ccc(Nc3nccc(N(C)c4cccc(C(N)=O)c4)n3)cc2)CC1. The summed E-state index contributed by atoms with van der Waals surface area (Å²) in [6.07, 6.45) is 1.71. The Labute approximate surface area is 182 Å². The Morgan fingerprint density at radius 1 is 1.06 bits per heavy atom. The molecule has 1 aliphatic rings. The Morgan fingerprint density at radius 2 is 1.81 bits per heavy atom. The summed E-state index contributed by atoms with van der Waals surface area (Å²) in [5.41, 5.74) is 8.82. The molecule has 3 N–H and O–H groups in total. The first kappa shape index (κ1) is 20.6. The Kier molecular flexibility index (Phi) is 5.99. The van der Waals surface area contributed by atoms with Gasteiger partial charge in [-0.25, -0.2) is 4.98 Å². The van der Waals surface area contributed by atoms with Crippen molar-refractivity contribution in [3.8, 4) is 0 Å². The number of aromatic nitrogens is 2. The highest BCUT2D eigenvalue weighted by Gasteiger charge is 2.14. The van der Waals surface area contributed by atoms with Crippen LogP contribution >= 0.6 is 0 Å².